The summed E-state index contributed by atoms with van der Waals surface area (Å²) in [7, 11) is -3.66. The van der Waals surface area contributed by atoms with Crippen molar-refractivity contribution in [3.63, 3.8) is 0 Å². The van der Waals surface area contributed by atoms with Crippen LogP contribution in [0.15, 0.2) is 23.2 Å². The summed E-state index contributed by atoms with van der Waals surface area (Å²) in [6, 6.07) is 2.82. The van der Waals surface area contributed by atoms with Crippen LogP contribution in [0.25, 0.3) is 0 Å². The van der Waals surface area contributed by atoms with Crippen molar-refractivity contribution in [3.05, 3.63) is 23.5 Å². The minimum atomic E-state index is -3.66. The zero-order valence-electron chi connectivity index (χ0n) is 11.2. The SMILES string of the molecule is O=S(=O)(NCC1(O)CCCCCC1)c1ccc(Cl)nc1. The molecule has 0 atom stereocenters. The minimum Gasteiger partial charge on any atom is -0.389 e. The summed E-state index contributed by atoms with van der Waals surface area (Å²) in [5, 5.41) is 10.7. The smallest absolute Gasteiger partial charge is 0.242 e. The molecule has 20 heavy (non-hydrogen) atoms. The zero-order valence-corrected chi connectivity index (χ0v) is 12.8. The Kier molecular flexibility index (Phi) is 5.01. The Morgan fingerprint density at radius 2 is 1.90 bits per heavy atom. The van der Waals surface area contributed by atoms with Crippen molar-refractivity contribution in [3.8, 4) is 0 Å². The molecule has 1 fully saturated rings. The van der Waals surface area contributed by atoms with Crippen LogP contribution in [-0.4, -0.2) is 30.7 Å². The number of aromatic nitrogens is 1. The first kappa shape index (κ1) is 15.7. The summed E-state index contributed by atoms with van der Waals surface area (Å²) in [4.78, 5) is 3.81. The Balaban J connectivity index is 2.03. The van der Waals surface area contributed by atoms with Gasteiger partial charge in [0.1, 0.15) is 10.0 Å². The molecule has 0 amide bonds. The molecule has 1 aliphatic carbocycles. The van der Waals surface area contributed by atoms with Crippen molar-refractivity contribution in [1.82, 2.24) is 9.71 Å². The third kappa shape index (κ3) is 4.15. The van der Waals surface area contributed by atoms with Crippen molar-refractivity contribution in [2.24, 2.45) is 0 Å². The average molecular weight is 319 g/mol. The molecule has 0 saturated heterocycles. The van der Waals surface area contributed by atoms with Gasteiger partial charge in [-0.3, -0.25) is 0 Å². The highest BCUT2D eigenvalue weighted by atomic mass is 35.5. The van der Waals surface area contributed by atoms with E-state index < -0.39 is 15.6 Å². The molecule has 1 heterocycles. The summed E-state index contributed by atoms with van der Waals surface area (Å²) >= 11 is 5.63. The first-order chi connectivity index (χ1) is 9.41. The third-order valence-electron chi connectivity index (χ3n) is 3.64. The van der Waals surface area contributed by atoms with Crippen LogP contribution in [0.5, 0.6) is 0 Å². The predicted molar refractivity (Wildman–Crippen MR) is 77.1 cm³/mol. The number of rotatable bonds is 4. The van der Waals surface area contributed by atoms with Crippen LogP contribution >= 0.6 is 11.6 Å². The lowest BCUT2D eigenvalue weighted by atomic mass is 9.95. The Morgan fingerprint density at radius 1 is 1.25 bits per heavy atom. The number of aliphatic hydroxyl groups is 1. The van der Waals surface area contributed by atoms with E-state index in [1.807, 2.05) is 0 Å². The summed E-state index contributed by atoms with van der Waals surface area (Å²) in [5.74, 6) is 0. The van der Waals surface area contributed by atoms with Gasteiger partial charge in [-0.25, -0.2) is 18.1 Å². The largest absolute Gasteiger partial charge is 0.389 e. The van der Waals surface area contributed by atoms with Gasteiger partial charge in [0.2, 0.25) is 10.0 Å². The van der Waals surface area contributed by atoms with Crippen molar-refractivity contribution in [2.75, 3.05) is 6.54 Å². The van der Waals surface area contributed by atoms with Crippen molar-refractivity contribution >= 4 is 21.6 Å². The van der Waals surface area contributed by atoms with E-state index in [-0.39, 0.29) is 16.6 Å². The van der Waals surface area contributed by atoms with Crippen LogP contribution < -0.4 is 4.72 Å². The second-order valence-corrected chi connectivity index (χ2v) is 7.43. The van der Waals surface area contributed by atoms with E-state index in [0.29, 0.717) is 12.8 Å². The minimum absolute atomic E-state index is 0.0396. The molecule has 0 bridgehead atoms. The molecule has 0 spiro atoms. The highest BCUT2D eigenvalue weighted by molar-refractivity contribution is 7.89. The van der Waals surface area contributed by atoms with Gasteiger partial charge in [-0.05, 0) is 25.0 Å². The van der Waals surface area contributed by atoms with E-state index in [1.165, 1.54) is 18.3 Å². The predicted octanol–water partition coefficient (Wildman–Crippen LogP) is 2.10. The van der Waals surface area contributed by atoms with Crippen LogP contribution in [0.4, 0.5) is 0 Å². The van der Waals surface area contributed by atoms with Crippen molar-refractivity contribution in [1.29, 1.82) is 0 Å². The van der Waals surface area contributed by atoms with E-state index in [9.17, 15) is 13.5 Å². The van der Waals surface area contributed by atoms with Crippen molar-refractivity contribution < 1.29 is 13.5 Å². The first-order valence-electron chi connectivity index (χ1n) is 6.75. The molecular weight excluding hydrogens is 300 g/mol. The molecule has 1 aromatic heterocycles. The Morgan fingerprint density at radius 3 is 2.45 bits per heavy atom. The molecule has 7 heteroatoms. The van der Waals surface area contributed by atoms with Gasteiger partial charge in [0, 0.05) is 12.7 Å². The molecule has 1 saturated carbocycles. The number of nitrogens with one attached hydrogen (secondary N) is 1. The molecule has 0 aliphatic heterocycles. The van der Waals surface area contributed by atoms with Crippen LogP contribution in [-0.2, 0) is 10.0 Å². The van der Waals surface area contributed by atoms with Crippen LogP contribution in [0.1, 0.15) is 38.5 Å². The Labute approximate surface area is 124 Å². The molecule has 1 aromatic rings. The maximum atomic E-state index is 12.1. The number of hydrogen-bond donors (Lipinski definition) is 2. The first-order valence-corrected chi connectivity index (χ1v) is 8.61. The average Bonchev–Trinajstić information content (AvgIpc) is 2.63. The quantitative estimate of drug-likeness (QED) is 0.658. The fourth-order valence-electron chi connectivity index (χ4n) is 2.40. The second-order valence-electron chi connectivity index (χ2n) is 5.28. The number of halogens is 1. The number of hydrogen-bond acceptors (Lipinski definition) is 4. The normalized spacial score (nSPS) is 19.5. The maximum Gasteiger partial charge on any atom is 0.242 e. The Hall–Kier alpha value is -0.690. The second kappa shape index (κ2) is 6.39. The van der Waals surface area contributed by atoms with Crippen LogP contribution in [0.3, 0.4) is 0 Å². The maximum absolute atomic E-state index is 12.1. The van der Waals surface area contributed by atoms with Crippen molar-refractivity contribution in [2.45, 2.75) is 49.0 Å². The lowest BCUT2D eigenvalue weighted by molar-refractivity contribution is 0.0303. The summed E-state index contributed by atoms with van der Waals surface area (Å²) in [5.41, 5.74) is -0.941. The molecule has 5 nitrogen and oxygen atoms in total. The lowest BCUT2D eigenvalue weighted by Gasteiger charge is -2.26. The molecular formula is C13H19ClN2O3S. The molecule has 0 radical (unpaired) electrons. The summed E-state index contributed by atoms with van der Waals surface area (Å²) < 4.78 is 26.7. The van der Waals surface area contributed by atoms with Gasteiger partial charge in [-0.1, -0.05) is 37.3 Å². The molecule has 0 aromatic carbocycles. The topological polar surface area (TPSA) is 79.3 Å². The summed E-state index contributed by atoms with van der Waals surface area (Å²) in [6.45, 7) is 0.0396. The standard InChI is InChI=1S/C13H19ClN2O3S/c14-12-6-5-11(9-15-12)20(18,19)16-10-13(17)7-3-1-2-4-8-13/h5-6,9,16-17H,1-4,7-8,10H2. The number of sulfonamides is 1. The number of nitrogens with zero attached hydrogens (tertiary/aromatic N) is 1. The van der Waals surface area contributed by atoms with Gasteiger partial charge in [0.15, 0.2) is 0 Å². The highest BCUT2D eigenvalue weighted by Gasteiger charge is 2.29. The van der Waals surface area contributed by atoms with Crippen LogP contribution in [0, 0.1) is 0 Å². The van der Waals surface area contributed by atoms with Gasteiger partial charge < -0.3 is 5.11 Å². The summed E-state index contributed by atoms with van der Waals surface area (Å²) in [6.07, 6.45) is 6.53. The van der Waals surface area contributed by atoms with E-state index >= 15 is 0 Å². The Bertz CT molecular complexity index is 537. The molecule has 0 unspecified atom stereocenters. The van der Waals surface area contributed by atoms with E-state index in [2.05, 4.69) is 9.71 Å². The lowest BCUT2D eigenvalue weighted by Crippen LogP contribution is -2.42. The molecule has 1 aliphatic rings. The fraction of sp³-hybridized carbons (Fsp3) is 0.615. The van der Waals surface area contributed by atoms with Gasteiger partial charge in [-0.2, -0.15) is 0 Å². The van der Waals surface area contributed by atoms with E-state index in [0.717, 1.165) is 25.7 Å². The fourth-order valence-corrected chi connectivity index (χ4v) is 3.57. The number of pyridine rings is 1. The molecule has 2 rings (SSSR count). The monoisotopic (exact) mass is 318 g/mol. The third-order valence-corrected chi connectivity index (χ3v) is 5.25. The van der Waals surface area contributed by atoms with Gasteiger partial charge in [0.25, 0.3) is 0 Å². The van der Waals surface area contributed by atoms with Gasteiger partial charge in [-0.15, -0.1) is 0 Å². The molecule has 2 N–H and O–H groups in total. The van der Waals surface area contributed by atoms with E-state index in [1.54, 1.807) is 0 Å². The van der Waals surface area contributed by atoms with Gasteiger partial charge in [0.05, 0.1) is 5.60 Å². The highest BCUT2D eigenvalue weighted by Crippen LogP contribution is 2.26. The van der Waals surface area contributed by atoms with Crippen LogP contribution in [0.2, 0.25) is 5.15 Å². The zero-order chi connectivity index (χ0) is 14.6. The van der Waals surface area contributed by atoms with E-state index in [4.69, 9.17) is 11.6 Å². The molecule has 112 valence electrons. The van der Waals surface area contributed by atoms with Gasteiger partial charge >= 0.3 is 0 Å².